The van der Waals surface area contributed by atoms with Crippen LogP contribution in [0.1, 0.15) is 31.2 Å². The molecule has 0 radical (unpaired) electrons. The van der Waals surface area contributed by atoms with Crippen LogP contribution in [0.4, 0.5) is 0 Å². The summed E-state index contributed by atoms with van der Waals surface area (Å²) in [5.74, 6) is -1.11. The number of hydrogen-bond acceptors (Lipinski definition) is 6. The molecule has 0 aromatic heterocycles. The van der Waals surface area contributed by atoms with Gasteiger partial charge in [-0.3, -0.25) is 9.59 Å². The van der Waals surface area contributed by atoms with E-state index in [0.29, 0.717) is 11.3 Å². The molecule has 136 valence electrons. The largest absolute Gasteiger partial charge is 1.00 e. The summed E-state index contributed by atoms with van der Waals surface area (Å²) >= 11 is 0. The van der Waals surface area contributed by atoms with Gasteiger partial charge in [-0.05, 0) is 35.9 Å². The molecule has 0 aliphatic rings. The first-order valence-electron chi connectivity index (χ1n) is 8.08. The predicted molar refractivity (Wildman–Crippen MR) is 96.0 cm³/mol. The second kappa shape index (κ2) is 11.2. The first-order chi connectivity index (χ1) is 12.5. The maximum absolute atomic E-state index is 12.2. The number of ketones is 1. The van der Waals surface area contributed by atoms with Crippen molar-refractivity contribution in [3.8, 4) is 0 Å². The molecule has 1 N–H and O–H groups in total. The summed E-state index contributed by atoms with van der Waals surface area (Å²) in [6.45, 7) is 0. The third kappa shape index (κ3) is 7.25. The number of aliphatic carboxylic acids is 1. The average molecular weight is 362 g/mol. The Labute approximate surface area is 168 Å². The van der Waals surface area contributed by atoms with Gasteiger partial charge in [0.05, 0.1) is 12.1 Å². The third-order valence-electron chi connectivity index (χ3n) is 3.72. The number of rotatable bonds is 8. The molecule has 0 saturated heterocycles. The van der Waals surface area contributed by atoms with E-state index in [1.807, 2.05) is 36.4 Å². The van der Waals surface area contributed by atoms with Crippen LogP contribution in [-0.2, 0) is 14.3 Å². The molecule has 2 aromatic rings. The van der Waals surface area contributed by atoms with Gasteiger partial charge in [-0.2, -0.15) is 5.10 Å². The van der Waals surface area contributed by atoms with E-state index in [9.17, 15) is 14.7 Å². The Morgan fingerprint density at radius 1 is 1.07 bits per heavy atom. The number of methoxy groups -OCH3 is 1. The van der Waals surface area contributed by atoms with Crippen LogP contribution < -0.4 is 24.0 Å². The summed E-state index contributed by atoms with van der Waals surface area (Å²) in [5.41, 5.74) is 1.00. The van der Waals surface area contributed by atoms with Crippen LogP contribution in [0, 0.1) is 0 Å². The van der Waals surface area contributed by atoms with Crippen molar-refractivity contribution < 1.29 is 43.4 Å². The van der Waals surface area contributed by atoms with E-state index in [4.69, 9.17) is 5.11 Å². The van der Waals surface area contributed by atoms with E-state index in [-0.39, 0.29) is 50.3 Å². The van der Waals surface area contributed by atoms with Gasteiger partial charge in [0.2, 0.25) is 0 Å². The van der Waals surface area contributed by atoms with Crippen molar-refractivity contribution in [2.45, 2.75) is 25.7 Å². The summed E-state index contributed by atoms with van der Waals surface area (Å²) in [6.07, 6.45) is -0.592. The fourth-order valence-electron chi connectivity index (χ4n) is 2.42. The van der Waals surface area contributed by atoms with Crippen LogP contribution >= 0.6 is 0 Å². The number of hydrogen-bond donors (Lipinski definition) is 1. The molecule has 8 heteroatoms. The Bertz CT molecular complexity index is 864. The van der Waals surface area contributed by atoms with Crippen molar-refractivity contribution in [1.82, 2.24) is 0 Å². The van der Waals surface area contributed by atoms with Gasteiger partial charge in [0, 0.05) is 12.8 Å². The number of Topliss-reactive ketones (excluding diaryl/α,β-unsaturated/α-hetero) is 1. The minimum absolute atomic E-state index is 0. The Morgan fingerprint density at radius 3 is 2.44 bits per heavy atom. The molecule has 2 aromatic carbocycles. The fourth-order valence-corrected chi connectivity index (χ4v) is 2.42. The zero-order valence-corrected chi connectivity index (χ0v) is 15.3. The van der Waals surface area contributed by atoms with E-state index in [1.165, 1.54) is 7.11 Å². The van der Waals surface area contributed by atoms with Gasteiger partial charge in [0.1, 0.15) is 5.78 Å². The van der Waals surface area contributed by atoms with Crippen molar-refractivity contribution in [2.75, 3.05) is 7.11 Å². The van der Waals surface area contributed by atoms with Crippen LogP contribution in [0.25, 0.3) is 10.8 Å². The van der Waals surface area contributed by atoms with Crippen molar-refractivity contribution in [3.63, 3.8) is 0 Å². The van der Waals surface area contributed by atoms with Crippen molar-refractivity contribution >= 4 is 34.3 Å². The normalized spacial score (nSPS) is 11.7. The maximum atomic E-state index is 12.2. The molecule has 0 aliphatic heterocycles. The fraction of sp³-hybridized carbons (Fsp3) is 0.263. The van der Waals surface area contributed by atoms with Gasteiger partial charge < -0.3 is 14.9 Å². The number of carbonyl (C=O) groups is 2. The molecule has 0 fully saturated rings. The van der Waals surface area contributed by atoms with Gasteiger partial charge in [0.15, 0.2) is 6.08 Å². The molecule has 0 saturated carbocycles. The predicted octanol–water partition coefficient (Wildman–Crippen LogP) is -0.875. The number of carboxylic acids is 1. The second-order valence-corrected chi connectivity index (χ2v) is 5.64. The molecule has 0 bridgehead atoms. The van der Waals surface area contributed by atoms with Gasteiger partial charge in [-0.1, -0.05) is 36.4 Å². The zero-order valence-electron chi connectivity index (χ0n) is 15.3. The zero-order chi connectivity index (χ0) is 18.9. The molecule has 0 unspecified atom stereocenters. The van der Waals surface area contributed by atoms with E-state index >= 15 is 0 Å². The number of carbonyl (C=O) groups excluding carboxylic acids is 1. The van der Waals surface area contributed by atoms with Gasteiger partial charge in [-0.25, -0.2) is 0 Å². The van der Waals surface area contributed by atoms with Gasteiger partial charge in [-0.15, -0.1) is 5.10 Å². The number of benzene rings is 2. The van der Waals surface area contributed by atoms with Crippen LogP contribution in [-0.4, -0.2) is 35.8 Å². The topological polar surface area (TPSA) is 111 Å². The summed E-state index contributed by atoms with van der Waals surface area (Å²) < 4.78 is 4.44. The molecule has 27 heavy (non-hydrogen) atoms. The third-order valence-corrected chi connectivity index (χ3v) is 3.72. The number of carboxylic acid groups (broad SMARTS) is 1. The number of nitrogens with zero attached hydrogens (tertiary/aromatic N) is 2. The van der Waals surface area contributed by atoms with Crippen molar-refractivity contribution in [1.29, 1.82) is 0 Å². The van der Waals surface area contributed by atoms with Crippen LogP contribution in [0.15, 0.2) is 52.7 Å². The van der Waals surface area contributed by atoms with Gasteiger partial charge >= 0.3 is 24.8 Å². The minimum atomic E-state index is -0.943. The second-order valence-electron chi connectivity index (χ2n) is 5.64. The summed E-state index contributed by atoms with van der Waals surface area (Å²) in [5, 5.41) is 29.2. The maximum Gasteiger partial charge on any atom is 1.00 e. The Kier molecular flexibility index (Phi) is 9.27. The van der Waals surface area contributed by atoms with E-state index < -0.39 is 12.1 Å². The smallest absolute Gasteiger partial charge is 0.602 e. The van der Waals surface area contributed by atoms with E-state index in [0.717, 1.165) is 10.8 Å². The Morgan fingerprint density at radius 2 is 1.78 bits per heavy atom. The molecule has 0 heterocycles. The number of ether oxygens (including phenoxy) is 1. The number of fused-ring (bicyclic) bond motifs is 1. The first-order valence-corrected chi connectivity index (χ1v) is 8.08. The molecule has 0 amide bonds. The molecular formula is C19H19LiN2O5. The monoisotopic (exact) mass is 362 g/mol. The van der Waals surface area contributed by atoms with Crippen molar-refractivity contribution in [2.24, 2.45) is 10.2 Å². The molecular weight excluding hydrogens is 343 g/mol. The molecule has 7 nitrogen and oxygen atoms in total. The molecule has 0 atom stereocenters. The molecule has 2 rings (SSSR count). The van der Waals surface area contributed by atoms with E-state index in [1.54, 1.807) is 6.07 Å². The van der Waals surface area contributed by atoms with Gasteiger partial charge in [0.25, 0.3) is 0 Å². The van der Waals surface area contributed by atoms with E-state index in [2.05, 4.69) is 14.9 Å². The van der Waals surface area contributed by atoms with Crippen LogP contribution in [0.2, 0.25) is 0 Å². The average Bonchev–Trinajstić information content (AvgIpc) is 2.64. The van der Waals surface area contributed by atoms with Crippen LogP contribution in [0.3, 0.4) is 0 Å². The Hall–Kier alpha value is -2.62. The molecule has 0 spiro atoms. The summed E-state index contributed by atoms with van der Waals surface area (Å²) in [6, 6.07) is 13.3. The standard InChI is InChI=1S/C19H20N2O5.Li/c1-26-19(25)21-20-17(12-16(22)7-4-8-18(23)24)15-10-9-13-5-2-3-6-14(13)11-15;/h2-3,5-6,9-11H,4,7-8,12H2,1H3,(H,21,25)(H,23,24);/q;+1/p-1/b20-17+;. The first kappa shape index (κ1) is 22.4. The minimum Gasteiger partial charge on any atom is -0.602 e. The van der Waals surface area contributed by atoms with Crippen molar-refractivity contribution in [3.05, 3.63) is 48.0 Å². The van der Waals surface area contributed by atoms with Crippen LogP contribution in [0.5, 0.6) is 0 Å². The quantitative estimate of drug-likeness (QED) is 0.284. The summed E-state index contributed by atoms with van der Waals surface area (Å²) in [7, 11) is 1.19. The SMILES string of the molecule is CO/C([O-])=N/N=C(\CC(=O)CCCC(=O)O)c1ccc2ccccc2c1.[Li+]. The molecule has 0 aliphatic carbocycles. The summed E-state index contributed by atoms with van der Waals surface area (Å²) in [4.78, 5) is 22.7. The Balaban J connectivity index is 0.00000364.